The number of benzene rings is 3. The molecule has 6 aromatic rings. The largest absolute Gasteiger partial charge is 0.512 e. The van der Waals surface area contributed by atoms with Crippen molar-refractivity contribution in [2.24, 2.45) is 16.7 Å². The van der Waals surface area contributed by atoms with Gasteiger partial charge in [0.25, 0.3) is 0 Å². The Morgan fingerprint density at radius 3 is 2.13 bits per heavy atom. The molecular weight excluding hydrogens is 847 g/mol. The van der Waals surface area contributed by atoms with Crippen molar-refractivity contribution in [1.82, 2.24) is 4.98 Å². The van der Waals surface area contributed by atoms with Crippen LogP contribution in [0, 0.1) is 22.8 Å². The predicted molar refractivity (Wildman–Crippen MR) is 221 cm³/mol. The number of aliphatic hydroxyl groups excluding tert-OH is 1. The molecule has 1 radical (unpaired) electrons. The number of hydrogen-bond acceptors (Lipinski definition) is 5. The maximum atomic E-state index is 12.2. The van der Waals surface area contributed by atoms with E-state index in [1.54, 1.807) is 6.26 Å². The molecule has 3 aromatic carbocycles. The number of carbonyl (C=O) groups is 1. The summed E-state index contributed by atoms with van der Waals surface area (Å²) in [6.45, 7) is 23.3. The average molecular weight is 905 g/mol. The van der Waals surface area contributed by atoms with E-state index in [4.69, 9.17) is 13.8 Å². The Bertz CT molecular complexity index is 2240. The van der Waals surface area contributed by atoms with Gasteiger partial charge in [0, 0.05) is 53.5 Å². The summed E-state index contributed by atoms with van der Waals surface area (Å²) < 4.78 is 11.8. The van der Waals surface area contributed by atoms with Gasteiger partial charge in [-0.1, -0.05) is 124 Å². The molecule has 0 saturated carbocycles. The molecule has 6 heteroatoms. The summed E-state index contributed by atoms with van der Waals surface area (Å²) in [5.41, 5.74) is 7.44. The van der Waals surface area contributed by atoms with Gasteiger partial charge in [-0.2, -0.15) is 0 Å². The van der Waals surface area contributed by atoms with Crippen molar-refractivity contribution >= 4 is 38.6 Å². The number of furan rings is 2. The first kappa shape index (κ1) is 42.7. The number of hydrogen-bond donors (Lipinski definition) is 1. The minimum absolute atomic E-state index is 0. The van der Waals surface area contributed by atoms with Gasteiger partial charge >= 0.3 is 0 Å². The summed E-state index contributed by atoms with van der Waals surface area (Å²) in [6, 6.07) is 24.9. The fourth-order valence-electron chi connectivity index (χ4n) is 6.85. The van der Waals surface area contributed by atoms with E-state index in [1.165, 1.54) is 28.0 Å². The minimum atomic E-state index is -0.337. The van der Waals surface area contributed by atoms with Crippen molar-refractivity contribution < 1.29 is 38.8 Å². The summed E-state index contributed by atoms with van der Waals surface area (Å²) >= 11 is 0. The quantitative estimate of drug-likeness (QED) is 0.0796. The zero-order valence-corrected chi connectivity index (χ0v) is 36.5. The van der Waals surface area contributed by atoms with E-state index in [0.717, 1.165) is 70.8 Å². The Morgan fingerprint density at radius 1 is 0.833 bits per heavy atom. The summed E-state index contributed by atoms with van der Waals surface area (Å²) in [7, 11) is 0. The number of aromatic nitrogens is 1. The van der Waals surface area contributed by atoms with E-state index >= 15 is 0 Å². The van der Waals surface area contributed by atoms with Gasteiger partial charge in [0.05, 0.1) is 12.5 Å². The smallest absolute Gasteiger partial charge is 0.219 e. The Hall–Kier alpha value is -3.99. The monoisotopic (exact) mass is 905 g/mol. The fraction of sp³-hybridized carbons (Fsp3) is 0.417. The fourth-order valence-corrected chi connectivity index (χ4v) is 6.85. The Morgan fingerprint density at radius 2 is 1.50 bits per heavy atom. The number of fused-ring (bicyclic) bond motifs is 3. The van der Waals surface area contributed by atoms with E-state index in [9.17, 15) is 9.90 Å². The van der Waals surface area contributed by atoms with Crippen LogP contribution in [0.25, 0.3) is 55.2 Å². The van der Waals surface area contributed by atoms with E-state index < -0.39 is 0 Å². The SMILES string of the molecule is CC(C)Cc1coc2cc(-c3cc(-c4[c-]c5ccccc5c(C(C)(C)C)c4)nc4occc34)ccc12.CCC(C)(CC)C(=O)/C=C(\O)C(C)(CC)CC.[Ir]. The summed E-state index contributed by atoms with van der Waals surface area (Å²) in [6.07, 6.45) is 9.37. The van der Waals surface area contributed by atoms with Gasteiger partial charge in [-0.25, -0.2) is 0 Å². The van der Waals surface area contributed by atoms with Crippen molar-refractivity contribution in [2.45, 2.75) is 114 Å². The van der Waals surface area contributed by atoms with Gasteiger partial charge < -0.3 is 13.9 Å². The number of nitrogens with zero attached hydrogens (tertiary/aromatic N) is 1. The molecule has 1 N–H and O–H groups in total. The van der Waals surface area contributed by atoms with Gasteiger partial charge in [-0.15, -0.1) is 29.1 Å². The molecule has 0 aliphatic heterocycles. The Labute approximate surface area is 336 Å². The molecule has 3 aromatic heterocycles. The zero-order valence-electron chi connectivity index (χ0n) is 34.1. The topological polar surface area (TPSA) is 76.5 Å². The molecular formula is C48H58IrNO4-. The van der Waals surface area contributed by atoms with Crippen molar-refractivity contribution in [1.29, 1.82) is 0 Å². The zero-order chi connectivity index (χ0) is 38.7. The van der Waals surface area contributed by atoms with Crippen LogP contribution in [0.2, 0.25) is 0 Å². The second-order valence-electron chi connectivity index (χ2n) is 16.6. The van der Waals surface area contributed by atoms with Crippen LogP contribution in [0.15, 0.2) is 93.9 Å². The molecule has 0 unspecified atom stereocenters. The summed E-state index contributed by atoms with van der Waals surface area (Å²) in [5.74, 6) is 0.865. The Kier molecular flexibility index (Phi) is 13.6. The van der Waals surface area contributed by atoms with Crippen molar-refractivity contribution in [3.63, 3.8) is 0 Å². The van der Waals surface area contributed by atoms with E-state index in [1.807, 2.05) is 53.9 Å². The maximum Gasteiger partial charge on any atom is 0.219 e. The standard InChI is InChI=1S/C33H30NO2.C15H28O2.Ir/c1-20(2)14-24-19-36-31-17-22(10-11-26(24)31)28-18-30(34-32-27(28)12-13-35-32)23-15-21-8-6-7-9-25(21)29(16-23)33(3,4)5;1-7-14(5,8-2)12(16)11-13(17)15(6,9-3)10-4;/h6-13,16-20H,14H2,1-5H3;11,16H,7-10H2,1-6H3;/q-1;;/b;12-11-;. The van der Waals surface area contributed by atoms with Crippen molar-refractivity contribution in [3.05, 3.63) is 102 Å². The van der Waals surface area contributed by atoms with Crippen molar-refractivity contribution in [3.8, 4) is 22.4 Å². The number of ketones is 1. The first-order chi connectivity index (χ1) is 25.1. The van der Waals surface area contributed by atoms with E-state index in [0.29, 0.717) is 11.6 Å². The first-order valence-electron chi connectivity index (χ1n) is 19.4. The van der Waals surface area contributed by atoms with E-state index in [2.05, 4.69) is 95.3 Å². The molecule has 0 spiro atoms. The van der Waals surface area contributed by atoms with Crippen LogP contribution in [0.5, 0.6) is 0 Å². The second kappa shape index (κ2) is 17.2. The van der Waals surface area contributed by atoms with Gasteiger partial charge in [0.1, 0.15) is 11.3 Å². The third-order valence-corrected chi connectivity index (χ3v) is 11.5. The van der Waals surface area contributed by atoms with Crippen LogP contribution in [-0.2, 0) is 36.7 Å². The van der Waals surface area contributed by atoms with Crippen molar-refractivity contribution in [2.75, 3.05) is 0 Å². The Balaban J connectivity index is 0.000000309. The number of aliphatic hydroxyl groups is 1. The average Bonchev–Trinajstić information content (AvgIpc) is 3.79. The van der Waals surface area contributed by atoms with Crippen LogP contribution in [0.3, 0.4) is 0 Å². The maximum absolute atomic E-state index is 12.2. The molecule has 54 heavy (non-hydrogen) atoms. The number of allylic oxidation sites excluding steroid dienone is 2. The third-order valence-electron chi connectivity index (χ3n) is 11.5. The van der Waals surface area contributed by atoms with Crippen LogP contribution in [0.4, 0.5) is 0 Å². The van der Waals surface area contributed by atoms with E-state index in [-0.39, 0.29) is 47.9 Å². The van der Waals surface area contributed by atoms with Crippen LogP contribution in [0.1, 0.15) is 113 Å². The number of rotatable bonds is 11. The molecule has 0 fully saturated rings. The van der Waals surface area contributed by atoms with Gasteiger partial charge in [0.15, 0.2) is 5.78 Å². The molecule has 6 rings (SSSR count). The normalized spacial score (nSPS) is 12.6. The molecule has 0 atom stereocenters. The molecule has 0 saturated heterocycles. The molecule has 0 aliphatic carbocycles. The van der Waals surface area contributed by atoms with Crippen LogP contribution >= 0.6 is 0 Å². The summed E-state index contributed by atoms with van der Waals surface area (Å²) in [5, 5.41) is 14.6. The van der Waals surface area contributed by atoms with Gasteiger partial charge in [-0.3, -0.25) is 9.78 Å². The van der Waals surface area contributed by atoms with Gasteiger partial charge in [-0.05, 0) is 72.3 Å². The number of carbonyl (C=O) groups excluding carboxylic acids is 1. The predicted octanol–water partition coefficient (Wildman–Crippen LogP) is 14.0. The van der Waals surface area contributed by atoms with Crippen LogP contribution < -0.4 is 0 Å². The molecule has 0 aliphatic rings. The molecule has 0 bridgehead atoms. The van der Waals surface area contributed by atoms with Gasteiger partial charge in [0.2, 0.25) is 5.71 Å². The molecule has 3 heterocycles. The third kappa shape index (κ3) is 8.93. The molecule has 289 valence electrons. The molecule has 5 nitrogen and oxygen atoms in total. The number of pyridine rings is 1. The van der Waals surface area contributed by atoms with Crippen LogP contribution in [-0.4, -0.2) is 15.9 Å². The summed E-state index contributed by atoms with van der Waals surface area (Å²) in [4.78, 5) is 17.1. The first-order valence-corrected chi connectivity index (χ1v) is 19.4. The second-order valence-corrected chi connectivity index (χ2v) is 16.6. The molecule has 0 amide bonds. The minimum Gasteiger partial charge on any atom is -0.512 e.